The molecule has 1 rings (SSSR count). The number of carbonyl (C=O) groups is 1. The van der Waals surface area contributed by atoms with Crippen molar-refractivity contribution in [2.75, 3.05) is 19.6 Å². The second-order valence-corrected chi connectivity index (χ2v) is 3.08. The Morgan fingerprint density at radius 1 is 1.47 bits per heavy atom. The molecule has 0 spiro atoms. The third-order valence-corrected chi connectivity index (χ3v) is 2.16. The summed E-state index contributed by atoms with van der Waals surface area (Å²) in [6.07, 6.45) is 0. The first-order valence-electron chi connectivity index (χ1n) is 4.06. The SMILES string of the molecule is COC(=O)c1cc(Cl)c(NN)cc1OC. The van der Waals surface area contributed by atoms with Crippen LogP contribution >= 0.6 is 11.6 Å². The van der Waals surface area contributed by atoms with E-state index in [1.807, 2.05) is 0 Å². The number of nitrogen functional groups attached to an aromatic ring is 1. The first-order valence-corrected chi connectivity index (χ1v) is 4.44. The molecule has 0 saturated heterocycles. The van der Waals surface area contributed by atoms with Crippen LogP contribution in [0.2, 0.25) is 5.02 Å². The zero-order valence-corrected chi connectivity index (χ0v) is 9.09. The highest BCUT2D eigenvalue weighted by atomic mass is 35.5. The molecule has 0 atom stereocenters. The number of ether oxygens (including phenoxy) is 2. The molecule has 5 nitrogen and oxygen atoms in total. The van der Waals surface area contributed by atoms with E-state index in [2.05, 4.69) is 10.2 Å². The maximum Gasteiger partial charge on any atom is 0.341 e. The molecule has 0 heterocycles. The van der Waals surface area contributed by atoms with Gasteiger partial charge in [-0.2, -0.15) is 0 Å². The van der Waals surface area contributed by atoms with E-state index in [0.29, 0.717) is 16.5 Å². The highest BCUT2D eigenvalue weighted by Gasteiger charge is 2.15. The molecule has 82 valence electrons. The molecule has 0 radical (unpaired) electrons. The van der Waals surface area contributed by atoms with Gasteiger partial charge in [0.25, 0.3) is 0 Å². The van der Waals surface area contributed by atoms with Crippen LogP contribution in [0.4, 0.5) is 5.69 Å². The quantitative estimate of drug-likeness (QED) is 0.467. The zero-order chi connectivity index (χ0) is 11.4. The Hall–Kier alpha value is -1.46. The lowest BCUT2D eigenvalue weighted by Crippen LogP contribution is -2.10. The number of halogens is 1. The van der Waals surface area contributed by atoms with Crippen molar-refractivity contribution in [3.63, 3.8) is 0 Å². The minimum Gasteiger partial charge on any atom is -0.496 e. The number of hydrogen-bond acceptors (Lipinski definition) is 5. The lowest BCUT2D eigenvalue weighted by Gasteiger charge is -2.10. The van der Waals surface area contributed by atoms with Crippen molar-refractivity contribution in [1.82, 2.24) is 0 Å². The molecule has 15 heavy (non-hydrogen) atoms. The first-order chi connectivity index (χ1) is 7.13. The fourth-order valence-electron chi connectivity index (χ4n) is 1.10. The lowest BCUT2D eigenvalue weighted by molar-refractivity contribution is 0.0597. The summed E-state index contributed by atoms with van der Waals surface area (Å²) in [6.45, 7) is 0. The Kier molecular flexibility index (Phi) is 3.76. The van der Waals surface area contributed by atoms with Crippen molar-refractivity contribution in [3.05, 3.63) is 22.7 Å². The number of rotatable bonds is 3. The summed E-state index contributed by atoms with van der Waals surface area (Å²) in [5, 5.41) is 0.318. The van der Waals surface area contributed by atoms with Gasteiger partial charge in [-0.25, -0.2) is 4.79 Å². The number of methoxy groups -OCH3 is 2. The minimum absolute atomic E-state index is 0.254. The molecule has 3 N–H and O–H groups in total. The fraction of sp³-hybridized carbons (Fsp3) is 0.222. The van der Waals surface area contributed by atoms with Crippen LogP contribution in [-0.2, 0) is 4.74 Å². The van der Waals surface area contributed by atoms with Crippen LogP contribution in [0, 0.1) is 0 Å². The monoisotopic (exact) mass is 230 g/mol. The van der Waals surface area contributed by atoms with Crippen LogP contribution in [0.25, 0.3) is 0 Å². The average molecular weight is 231 g/mol. The molecular formula is C9H11ClN2O3. The van der Waals surface area contributed by atoms with Crippen molar-refractivity contribution in [1.29, 1.82) is 0 Å². The van der Waals surface area contributed by atoms with Crippen LogP contribution in [0.3, 0.4) is 0 Å². The van der Waals surface area contributed by atoms with Crippen molar-refractivity contribution >= 4 is 23.3 Å². The zero-order valence-electron chi connectivity index (χ0n) is 8.33. The van der Waals surface area contributed by atoms with Crippen molar-refractivity contribution in [2.24, 2.45) is 5.84 Å². The first kappa shape index (κ1) is 11.6. The maximum atomic E-state index is 11.3. The van der Waals surface area contributed by atoms with Gasteiger partial charge >= 0.3 is 5.97 Å². The van der Waals surface area contributed by atoms with Crippen molar-refractivity contribution < 1.29 is 14.3 Å². The van der Waals surface area contributed by atoms with Gasteiger partial charge in [0.05, 0.1) is 24.9 Å². The third kappa shape index (κ3) is 2.31. The summed E-state index contributed by atoms with van der Waals surface area (Å²) < 4.78 is 9.59. The summed E-state index contributed by atoms with van der Waals surface area (Å²) in [5.74, 6) is 5.06. The van der Waals surface area contributed by atoms with Crippen molar-refractivity contribution in [2.45, 2.75) is 0 Å². The Balaban J connectivity index is 3.27. The van der Waals surface area contributed by atoms with E-state index in [4.69, 9.17) is 22.2 Å². The topological polar surface area (TPSA) is 73.6 Å². The van der Waals surface area contributed by atoms with E-state index in [1.54, 1.807) is 0 Å². The summed E-state index contributed by atoms with van der Waals surface area (Å²) in [7, 11) is 2.72. The van der Waals surface area contributed by atoms with E-state index < -0.39 is 5.97 Å². The number of esters is 1. The molecular weight excluding hydrogens is 220 g/mol. The highest BCUT2D eigenvalue weighted by molar-refractivity contribution is 6.33. The van der Waals surface area contributed by atoms with E-state index in [-0.39, 0.29) is 5.56 Å². The normalized spacial score (nSPS) is 9.60. The van der Waals surface area contributed by atoms with E-state index in [0.717, 1.165) is 0 Å². The Morgan fingerprint density at radius 2 is 2.13 bits per heavy atom. The van der Waals surface area contributed by atoms with Gasteiger partial charge in [-0.05, 0) is 6.07 Å². The van der Waals surface area contributed by atoms with Gasteiger partial charge < -0.3 is 14.9 Å². The lowest BCUT2D eigenvalue weighted by atomic mass is 10.2. The second-order valence-electron chi connectivity index (χ2n) is 2.67. The molecule has 0 saturated carbocycles. The molecule has 0 aromatic heterocycles. The molecule has 6 heteroatoms. The van der Waals surface area contributed by atoms with E-state index in [1.165, 1.54) is 26.4 Å². The second kappa shape index (κ2) is 4.86. The molecule has 0 unspecified atom stereocenters. The van der Waals surface area contributed by atoms with Gasteiger partial charge in [-0.3, -0.25) is 5.84 Å². The smallest absolute Gasteiger partial charge is 0.341 e. The summed E-state index contributed by atoms with van der Waals surface area (Å²) >= 11 is 5.85. The Labute approximate surface area is 92.1 Å². The van der Waals surface area contributed by atoms with Crippen LogP contribution in [0.5, 0.6) is 5.75 Å². The Bertz CT molecular complexity index is 382. The fourth-order valence-corrected chi connectivity index (χ4v) is 1.32. The molecule has 0 fully saturated rings. The number of carbonyl (C=O) groups excluding carboxylic acids is 1. The summed E-state index contributed by atoms with van der Waals surface area (Å²) in [6, 6.07) is 2.95. The van der Waals surface area contributed by atoms with Gasteiger partial charge in [0.2, 0.25) is 0 Å². The molecule has 0 amide bonds. The molecule has 0 bridgehead atoms. The van der Waals surface area contributed by atoms with Gasteiger partial charge in [0.1, 0.15) is 11.3 Å². The third-order valence-electron chi connectivity index (χ3n) is 1.85. The highest BCUT2D eigenvalue weighted by Crippen LogP contribution is 2.30. The number of hydrazine groups is 1. The van der Waals surface area contributed by atoms with Crippen LogP contribution in [0.15, 0.2) is 12.1 Å². The molecule has 1 aromatic carbocycles. The number of hydrogen-bond donors (Lipinski definition) is 2. The molecule has 0 aliphatic rings. The van der Waals surface area contributed by atoms with Gasteiger partial charge in [0.15, 0.2) is 0 Å². The predicted octanol–water partition coefficient (Wildman–Crippen LogP) is 1.42. The number of nitrogens with one attached hydrogen (secondary N) is 1. The Morgan fingerprint density at radius 3 is 2.60 bits per heavy atom. The van der Waals surface area contributed by atoms with E-state index >= 15 is 0 Å². The average Bonchev–Trinajstić information content (AvgIpc) is 2.27. The predicted molar refractivity (Wildman–Crippen MR) is 57.2 cm³/mol. The molecule has 0 aliphatic carbocycles. The minimum atomic E-state index is -0.516. The summed E-state index contributed by atoms with van der Waals surface area (Å²) in [5.41, 5.74) is 3.12. The van der Waals surface area contributed by atoms with Gasteiger partial charge in [-0.15, -0.1) is 0 Å². The van der Waals surface area contributed by atoms with Gasteiger partial charge in [-0.1, -0.05) is 11.6 Å². The van der Waals surface area contributed by atoms with E-state index in [9.17, 15) is 4.79 Å². The largest absolute Gasteiger partial charge is 0.496 e. The van der Waals surface area contributed by atoms with Crippen LogP contribution in [0.1, 0.15) is 10.4 Å². The number of benzene rings is 1. The van der Waals surface area contributed by atoms with Crippen LogP contribution in [-0.4, -0.2) is 20.2 Å². The summed E-state index contributed by atoms with van der Waals surface area (Å²) in [4.78, 5) is 11.3. The van der Waals surface area contributed by atoms with Crippen molar-refractivity contribution in [3.8, 4) is 5.75 Å². The maximum absolute atomic E-state index is 11.3. The standard InChI is InChI=1S/C9H11ClN2O3/c1-14-8-4-7(12-11)6(10)3-5(8)9(13)15-2/h3-4,12H,11H2,1-2H3. The van der Waals surface area contributed by atoms with Crippen LogP contribution < -0.4 is 16.0 Å². The number of anilines is 1. The molecule has 0 aliphatic heterocycles. The number of nitrogens with two attached hydrogens (primary N) is 1. The molecule has 1 aromatic rings. The van der Waals surface area contributed by atoms with Gasteiger partial charge in [0, 0.05) is 6.07 Å².